The molecule has 0 aliphatic carbocycles. The van der Waals surface area contributed by atoms with Crippen LogP contribution in [-0.4, -0.2) is 21.3 Å². The van der Waals surface area contributed by atoms with E-state index in [0.29, 0.717) is 0 Å². The molecule has 0 aliphatic heterocycles. The van der Waals surface area contributed by atoms with Crippen LogP contribution in [-0.2, 0) is 0 Å². The molecule has 164 valence electrons. The summed E-state index contributed by atoms with van der Waals surface area (Å²) in [5.74, 6) is 2.80. The van der Waals surface area contributed by atoms with E-state index < -0.39 is 7.92 Å². The normalized spacial score (nSPS) is 11.0. The summed E-state index contributed by atoms with van der Waals surface area (Å²) < 4.78 is 16.8. The van der Waals surface area contributed by atoms with Crippen LogP contribution in [0, 0.1) is 41.5 Å². The molecule has 0 aliphatic rings. The molecule has 0 unspecified atom stereocenters. The Labute approximate surface area is 188 Å². The van der Waals surface area contributed by atoms with Crippen molar-refractivity contribution in [2.45, 2.75) is 41.5 Å². The lowest BCUT2D eigenvalue weighted by atomic mass is 10.1. The second kappa shape index (κ2) is 9.32. The van der Waals surface area contributed by atoms with E-state index in [1.807, 2.05) is 0 Å². The van der Waals surface area contributed by atoms with E-state index in [-0.39, 0.29) is 0 Å². The first kappa shape index (κ1) is 23.2. The molecule has 31 heavy (non-hydrogen) atoms. The van der Waals surface area contributed by atoms with Crippen molar-refractivity contribution >= 4 is 23.8 Å². The first-order valence-corrected chi connectivity index (χ1v) is 11.8. The number of hydrogen-bond acceptors (Lipinski definition) is 3. The highest BCUT2D eigenvalue weighted by Gasteiger charge is 2.25. The van der Waals surface area contributed by atoms with Crippen molar-refractivity contribution in [3.63, 3.8) is 0 Å². The Hall–Kier alpha value is -2.51. The van der Waals surface area contributed by atoms with Gasteiger partial charge in [0.05, 0.1) is 21.3 Å². The van der Waals surface area contributed by atoms with Gasteiger partial charge in [-0.1, -0.05) is 0 Å². The molecule has 0 heterocycles. The van der Waals surface area contributed by atoms with Crippen LogP contribution < -0.4 is 30.1 Å². The van der Waals surface area contributed by atoms with Crippen molar-refractivity contribution in [2.75, 3.05) is 21.3 Å². The van der Waals surface area contributed by atoms with E-state index in [4.69, 9.17) is 14.2 Å². The molecule has 3 rings (SSSR count). The average Bonchev–Trinajstić information content (AvgIpc) is 2.74. The summed E-state index contributed by atoms with van der Waals surface area (Å²) in [5, 5.41) is 4.07. The van der Waals surface area contributed by atoms with Crippen LogP contribution in [0.1, 0.15) is 33.4 Å². The molecule has 0 atom stereocenters. The van der Waals surface area contributed by atoms with E-state index in [9.17, 15) is 0 Å². The van der Waals surface area contributed by atoms with Crippen molar-refractivity contribution in [3.8, 4) is 17.2 Å². The van der Waals surface area contributed by atoms with Gasteiger partial charge in [0, 0.05) is 0 Å². The zero-order chi connectivity index (χ0) is 22.9. The zero-order valence-corrected chi connectivity index (χ0v) is 21.0. The van der Waals surface area contributed by atoms with E-state index in [1.54, 1.807) is 21.3 Å². The third-order valence-electron chi connectivity index (χ3n) is 5.86. The van der Waals surface area contributed by atoms with Gasteiger partial charge in [0.25, 0.3) is 0 Å². The molecule has 3 aromatic rings. The minimum absolute atomic E-state index is 0.776. The smallest absolute Gasteiger partial charge is 0.122 e. The summed E-state index contributed by atoms with van der Waals surface area (Å²) in [6, 6.07) is 13.4. The number of rotatable bonds is 6. The quantitative estimate of drug-likeness (QED) is 0.490. The van der Waals surface area contributed by atoms with Gasteiger partial charge in [-0.05, 0) is 135 Å². The molecule has 0 spiro atoms. The summed E-state index contributed by atoms with van der Waals surface area (Å²) in [4.78, 5) is 0. The van der Waals surface area contributed by atoms with Crippen LogP contribution in [0.2, 0.25) is 0 Å². The zero-order valence-electron chi connectivity index (χ0n) is 20.1. The van der Waals surface area contributed by atoms with E-state index >= 15 is 0 Å². The molecule has 0 radical (unpaired) electrons. The maximum atomic E-state index is 5.59. The van der Waals surface area contributed by atoms with Gasteiger partial charge in [0.15, 0.2) is 0 Å². The van der Waals surface area contributed by atoms with Crippen LogP contribution >= 0.6 is 7.92 Å². The summed E-state index contributed by atoms with van der Waals surface area (Å²) >= 11 is 0. The predicted molar refractivity (Wildman–Crippen MR) is 133 cm³/mol. The lowest BCUT2D eigenvalue weighted by Crippen LogP contribution is -2.26. The highest BCUT2D eigenvalue weighted by Crippen LogP contribution is 2.40. The Kier molecular flexibility index (Phi) is 6.96. The molecule has 3 nitrogen and oxygen atoms in total. The molecule has 0 N–H and O–H groups in total. The number of methoxy groups -OCH3 is 3. The van der Waals surface area contributed by atoms with Crippen LogP contribution in [0.15, 0.2) is 36.4 Å². The van der Waals surface area contributed by atoms with Crippen LogP contribution in [0.5, 0.6) is 17.2 Å². The van der Waals surface area contributed by atoms with E-state index in [1.165, 1.54) is 32.6 Å². The summed E-state index contributed by atoms with van der Waals surface area (Å²) in [6.45, 7) is 12.9. The third kappa shape index (κ3) is 4.43. The standard InChI is InChI=1S/C27H33O3P/c1-16-13-25(19(4)10-22(16)28-7)31(26-14-17(2)23(29-8)11-20(26)5)27-15-18(3)24(30-9)12-21(27)6/h10-15H,1-9H3. The predicted octanol–water partition coefficient (Wildman–Crippen LogP) is 5.32. The molecule has 0 fully saturated rings. The third-order valence-corrected chi connectivity index (χ3v) is 8.75. The van der Waals surface area contributed by atoms with Crippen molar-refractivity contribution in [2.24, 2.45) is 0 Å². The van der Waals surface area contributed by atoms with Gasteiger partial charge in [-0.2, -0.15) is 0 Å². The Morgan fingerprint density at radius 3 is 0.903 bits per heavy atom. The average molecular weight is 437 g/mol. The molecule has 0 bridgehead atoms. The molecule has 3 aromatic carbocycles. The second-order valence-corrected chi connectivity index (χ2v) is 10.3. The van der Waals surface area contributed by atoms with Gasteiger partial charge in [0.2, 0.25) is 0 Å². The van der Waals surface area contributed by atoms with Crippen molar-refractivity contribution in [3.05, 3.63) is 69.8 Å². The Morgan fingerprint density at radius 2 is 0.677 bits per heavy atom. The Bertz CT molecular complexity index is 977. The van der Waals surface area contributed by atoms with Crippen LogP contribution in [0.3, 0.4) is 0 Å². The molecular weight excluding hydrogens is 403 g/mol. The first-order valence-electron chi connectivity index (χ1n) is 10.5. The van der Waals surface area contributed by atoms with Crippen molar-refractivity contribution in [1.29, 1.82) is 0 Å². The lowest BCUT2D eigenvalue weighted by molar-refractivity contribution is 0.411. The number of aryl methyl sites for hydroxylation is 6. The van der Waals surface area contributed by atoms with Crippen molar-refractivity contribution in [1.82, 2.24) is 0 Å². The van der Waals surface area contributed by atoms with Crippen LogP contribution in [0.4, 0.5) is 0 Å². The minimum atomic E-state index is -0.776. The van der Waals surface area contributed by atoms with E-state index in [0.717, 1.165) is 33.9 Å². The summed E-state index contributed by atoms with van der Waals surface area (Å²) in [6.07, 6.45) is 0. The molecular formula is C27H33O3P. The monoisotopic (exact) mass is 436 g/mol. The number of hydrogen-bond donors (Lipinski definition) is 0. The maximum Gasteiger partial charge on any atom is 0.122 e. The van der Waals surface area contributed by atoms with E-state index in [2.05, 4.69) is 77.9 Å². The first-order chi connectivity index (χ1) is 14.7. The number of ether oxygens (including phenoxy) is 3. The molecule has 0 saturated carbocycles. The van der Waals surface area contributed by atoms with Crippen LogP contribution in [0.25, 0.3) is 0 Å². The Morgan fingerprint density at radius 1 is 0.419 bits per heavy atom. The fourth-order valence-corrected chi connectivity index (χ4v) is 7.09. The largest absolute Gasteiger partial charge is 0.496 e. The molecule has 0 saturated heterocycles. The van der Waals surface area contributed by atoms with Gasteiger partial charge in [-0.25, -0.2) is 0 Å². The summed E-state index contributed by atoms with van der Waals surface area (Å²) in [5.41, 5.74) is 7.20. The summed E-state index contributed by atoms with van der Waals surface area (Å²) in [7, 11) is 4.43. The highest BCUT2D eigenvalue weighted by atomic mass is 31.1. The van der Waals surface area contributed by atoms with Gasteiger partial charge in [0.1, 0.15) is 17.2 Å². The maximum absolute atomic E-state index is 5.59. The highest BCUT2D eigenvalue weighted by molar-refractivity contribution is 7.80. The van der Waals surface area contributed by atoms with Gasteiger partial charge in [-0.3, -0.25) is 0 Å². The second-order valence-electron chi connectivity index (χ2n) is 8.16. The van der Waals surface area contributed by atoms with Gasteiger partial charge in [-0.15, -0.1) is 0 Å². The minimum Gasteiger partial charge on any atom is -0.496 e. The fourth-order valence-electron chi connectivity index (χ4n) is 4.10. The van der Waals surface area contributed by atoms with Gasteiger partial charge < -0.3 is 14.2 Å². The molecule has 0 aromatic heterocycles. The fraction of sp³-hybridized carbons (Fsp3) is 0.333. The lowest BCUT2D eigenvalue weighted by Gasteiger charge is -2.27. The Balaban J connectivity index is 2.35. The topological polar surface area (TPSA) is 27.7 Å². The van der Waals surface area contributed by atoms with Crippen molar-refractivity contribution < 1.29 is 14.2 Å². The SMILES string of the molecule is COc1cc(C)c(P(c2cc(C)c(OC)cc2C)c2cc(C)c(OC)cc2C)cc1C. The number of benzene rings is 3. The molecule has 0 amide bonds. The van der Waals surface area contributed by atoms with Gasteiger partial charge >= 0.3 is 0 Å². The molecule has 4 heteroatoms.